The smallest absolute Gasteiger partial charge is 0.203 e. The highest BCUT2D eigenvalue weighted by Gasteiger charge is 2.13. The van der Waals surface area contributed by atoms with Gasteiger partial charge in [0, 0.05) is 0 Å². The minimum atomic E-state index is 0.320. The fraction of sp³-hybridized carbons (Fsp3) is 0.462. The van der Waals surface area contributed by atoms with E-state index in [0.29, 0.717) is 30.3 Å². The van der Waals surface area contributed by atoms with Gasteiger partial charge in [-0.3, -0.25) is 0 Å². The summed E-state index contributed by atoms with van der Waals surface area (Å²) in [6, 6.07) is 5.70. The van der Waals surface area contributed by atoms with Crippen LogP contribution >= 0.6 is 0 Å². The summed E-state index contributed by atoms with van der Waals surface area (Å²) in [6.45, 7) is 2.63. The van der Waals surface area contributed by atoms with Crippen LogP contribution in [0.3, 0.4) is 0 Å². The molecular formula is C13H17NO3. The molecule has 0 atom stereocenters. The maximum Gasteiger partial charge on any atom is 0.203 e. The topological polar surface area (TPSA) is 51.5 Å². The van der Waals surface area contributed by atoms with Crippen molar-refractivity contribution in [3.8, 4) is 23.3 Å². The number of hydrogen-bond donors (Lipinski definition) is 0. The van der Waals surface area contributed by atoms with Crippen molar-refractivity contribution in [2.24, 2.45) is 0 Å². The number of nitrogens with zero attached hydrogens (tertiary/aromatic N) is 1. The van der Waals surface area contributed by atoms with Gasteiger partial charge in [-0.1, -0.05) is 6.92 Å². The van der Waals surface area contributed by atoms with E-state index in [1.165, 1.54) is 0 Å². The molecule has 0 saturated heterocycles. The molecule has 0 heterocycles. The van der Waals surface area contributed by atoms with Crippen LogP contribution in [-0.4, -0.2) is 20.8 Å². The molecule has 0 fully saturated rings. The van der Waals surface area contributed by atoms with E-state index in [-0.39, 0.29) is 0 Å². The van der Waals surface area contributed by atoms with Crippen molar-refractivity contribution in [1.82, 2.24) is 0 Å². The summed E-state index contributed by atoms with van der Waals surface area (Å²) in [5.41, 5.74) is 0.852. The number of methoxy groups -OCH3 is 2. The summed E-state index contributed by atoms with van der Waals surface area (Å²) < 4.78 is 16.1. The Morgan fingerprint density at radius 3 is 2.18 bits per heavy atom. The van der Waals surface area contributed by atoms with Gasteiger partial charge < -0.3 is 14.2 Å². The lowest BCUT2D eigenvalue weighted by Crippen LogP contribution is -2.01. The van der Waals surface area contributed by atoms with Gasteiger partial charge in [0.15, 0.2) is 11.5 Å². The Morgan fingerprint density at radius 2 is 1.76 bits per heavy atom. The third-order valence-corrected chi connectivity index (χ3v) is 2.25. The van der Waals surface area contributed by atoms with Crippen molar-refractivity contribution in [1.29, 1.82) is 5.26 Å². The highest BCUT2D eigenvalue weighted by molar-refractivity contribution is 5.54. The zero-order valence-electron chi connectivity index (χ0n) is 10.4. The average Bonchev–Trinajstić information content (AvgIpc) is 2.36. The number of rotatable bonds is 6. The molecule has 0 aliphatic carbocycles. The number of nitriles is 1. The molecule has 1 aromatic carbocycles. The lowest BCUT2D eigenvalue weighted by atomic mass is 10.1. The van der Waals surface area contributed by atoms with E-state index in [9.17, 15) is 0 Å². The van der Waals surface area contributed by atoms with Crippen molar-refractivity contribution >= 4 is 0 Å². The number of ether oxygens (including phenoxy) is 3. The van der Waals surface area contributed by atoms with E-state index in [1.54, 1.807) is 26.4 Å². The molecule has 0 aliphatic rings. The zero-order valence-corrected chi connectivity index (χ0v) is 10.4. The molecule has 0 amide bonds. The lowest BCUT2D eigenvalue weighted by Gasteiger charge is -2.15. The second kappa shape index (κ2) is 6.64. The Labute approximate surface area is 102 Å². The van der Waals surface area contributed by atoms with Crippen molar-refractivity contribution in [2.45, 2.75) is 19.8 Å². The second-order valence-electron chi connectivity index (χ2n) is 3.51. The minimum absolute atomic E-state index is 0.320. The maximum absolute atomic E-state index is 8.69. The molecular weight excluding hydrogens is 218 g/mol. The highest BCUT2D eigenvalue weighted by atomic mass is 16.5. The second-order valence-corrected chi connectivity index (χ2v) is 3.51. The van der Waals surface area contributed by atoms with Crippen LogP contribution in [0, 0.1) is 11.3 Å². The van der Waals surface area contributed by atoms with E-state index in [1.807, 2.05) is 6.92 Å². The summed E-state index contributed by atoms with van der Waals surface area (Å²) in [5, 5.41) is 8.69. The van der Waals surface area contributed by atoms with Gasteiger partial charge in [0.05, 0.1) is 33.3 Å². The van der Waals surface area contributed by atoms with Crippen LogP contribution in [0.25, 0.3) is 0 Å². The highest BCUT2D eigenvalue weighted by Crippen LogP contribution is 2.38. The number of benzene rings is 1. The first-order valence-electron chi connectivity index (χ1n) is 5.51. The van der Waals surface area contributed by atoms with E-state index >= 15 is 0 Å². The summed E-state index contributed by atoms with van der Waals surface area (Å²) in [6.07, 6.45) is 1.23. The molecule has 4 heteroatoms. The summed E-state index contributed by atoms with van der Waals surface area (Å²) in [5.74, 6) is 1.80. The largest absolute Gasteiger partial charge is 0.493 e. The van der Waals surface area contributed by atoms with Gasteiger partial charge in [0.2, 0.25) is 5.75 Å². The van der Waals surface area contributed by atoms with Gasteiger partial charge in [0.1, 0.15) is 0 Å². The SMILES string of the molecule is CCCOc1c(OC)cc(CC#N)cc1OC. The molecule has 0 saturated carbocycles. The van der Waals surface area contributed by atoms with Crippen LogP contribution in [-0.2, 0) is 6.42 Å². The molecule has 4 nitrogen and oxygen atoms in total. The standard InChI is InChI=1S/C13H17NO3/c1-4-7-17-13-11(15-2)8-10(5-6-14)9-12(13)16-3/h8-9H,4-5,7H2,1-3H3. The van der Waals surface area contributed by atoms with Crippen LogP contribution in [0.15, 0.2) is 12.1 Å². The maximum atomic E-state index is 8.69. The number of hydrogen-bond acceptors (Lipinski definition) is 4. The van der Waals surface area contributed by atoms with Gasteiger partial charge in [-0.2, -0.15) is 5.26 Å². The molecule has 0 unspecified atom stereocenters. The van der Waals surface area contributed by atoms with Crippen LogP contribution in [0.1, 0.15) is 18.9 Å². The van der Waals surface area contributed by atoms with E-state index in [2.05, 4.69) is 6.07 Å². The lowest BCUT2D eigenvalue weighted by molar-refractivity contribution is 0.274. The van der Waals surface area contributed by atoms with Crippen LogP contribution < -0.4 is 14.2 Å². The summed E-state index contributed by atoms with van der Waals surface area (Å²) >= 11 is 0. The molecule has 1 rings (SSSR count). The normalized spacial score (nSPS) is 9.53. The van der Waals surface area contributed by atoms with Crippen LogP contribution in [0.4, 0.5) is 0 Å². The molecule has 17 heavy (non-hydrogen) atoms. The van der Waals surface area contributed by atoms with Gasteiger partial charge in [-0.05, 0) is 24.1 Å². The van der Waals surface area contributed by atoms with E-state index in [0.717, 1.165) is 12.0 Å². The molecule has 1 aromatic rings. The van der Waals surface area contributed by atoms with Crippen molar-refractivity contribution in [3.63, 3.8) is 0 Å². The summed E-state index contributed by atoms with van der Waals surface area (Å²) in [4.78, 5) is 0. The Morgan fingerprint density at radius 1 is 1.18 bits per heavy atom. The first-order valence-corrected chi connectivity index (χ1v) is 5.51. The van der Waals surface area contributed by atoms with E-state index in [4.69, 9.17) is 19.5 Å². The predicted molar refractivity (Wildman–Crippen MR) is 64.6 cm³/mol. The monoisotopic (exact) mass is 235 g/mol. The third-order valence-electron chi connectivity index (χ3n) is 2.25. The quantitative estimate of drug-likeness (QED) is 0.760. The minimum Gasteiger partial charge on any atom is -0.493 e. The Hall–Kier alpha value is -1.89. The van der Waals surface area contributed by atoms with Gasteiger partial charge in [0.25, 0.3) is 0 Å². The van der Waals surface area contributed by atoms with E-state index < -0.39 is 0 Å². The van der Waals surface area contributed by atoms with Crippen molar-refractivity contribution in [3.05, 3.63) is 17.7 Å². The fourth-order valence-corrected chi connectivity index (χ4v) is 1.47. The van der Waals surface area contributed by atoms with Crippen molar-refractivity contribution in [2.75, 3.05) is 20.8 Å². The Kier molecular flexibility index (Phi) is 5.15. The third kappa shape index (κ3) is 3.28. The molecule has 0 radical (unpaired) electrons. The van der Waals surface area contributed by atoms with Crippen LogP contribution in [0.5, 0.6) is 17.2 Å². The average molecular weight is 235 g/mol. The predicted octanol–water partition coefficient (Wildman–Crippen LogP) is 2.56. The molecule has 0 aliphatic heterocycles. The zero-order chi connectivity index (χ0) is 12.7. The Bertz CT molecular complexity index is 385. The van der Waals surface area contributed by atoms with Gasteiger partial charge in [-0.25, -0.2) is 0 Å². The van der Waals surface area contributed by atoms with Gasteiger partial charge >= 0.3 is 0 Å². The summed E-state index contributed by atoms with van der Waals surface area (Å²) in [7, 11) is 3.15. The molecule has 92 valence electrons. The Balaban J connectivity index is 3.12. The first-order chi connectivity index (χ1) is 8.26. The van der Waals surface area contributed by atoms with Crippen molar-refractivity contribution < 1.29 is 14.2 Å². The first kappa shape index (κ1) is 13.2. The molecule has 0 aromatic heterocycles. The fourth-order valence-electron chi connectivity index (χ4n) is 1.47. The van der Waals surface area contributed by atoms with Gasteiger partial charge in [-0.15, -0.1) is 0 Å². The molecule has 0 bridgehead atoms. The molecule has 0 spiro atoms. The molecule has 0 N–H and O–H groups in total. The van der Waals surface area contributed by atoms with Crippen LogP contribution in [0.2, 0.25) is 0 Å².